The summed E-state index contributed by atoms with van der Waals surface area (Å²) in [4.78, 5) is 22.9. The predicted molar refractivity (Wildman–Crippen MR) is 66.1 cm³/mol. The van der Waals surface area contributed by atoms with Crippen LogP contribution in [0, 0.1) is 0 Å². The van der Waals surface area contributed by atoms with Gasteiger partial charge < -0.3 is 24.9 Å². The topological polar surface area (TPSA) is 101 Å². The Kier molecular flexibility index (Phi) is 5.53. The molecule has 7 nitrogen and oxygen atoms in total. The van der Waals surface area contributed by atoms with E-state index in [4.69, 9.17) is 9.15 Å². The maximum atomic E-state index is 11.4. The van der Waals surface area contributed by atoms with Crippen LogP contribution in [0.25, 0.3) is 0 Å². The molecule has 2 amide bonds. The fraction of sp³-hybridized carbons (Fsp3) is 0.500. The van der Waals surface area contributed by atoms with Gasteiger partial charge in [0.25, 0.3) is 0 Å². The Morgan fingerprint density at radius 1 is 1.42 bits per heavy atom. The van der Waals surface area contributed by atoms with Gasteiger partial charge >= 0.3 is 11.8 Å². The van der Waals surface area contributed by atoms with E-state index in [0.29, 0.717) is 5.76 Å². The second-order valence-corrected chi connectivity index (χ2v) is 4.37. The number of amides is 2. The summed E-state index contributed by atoms with van der Waals surface area (Å²) in [5.74, 6) is -1.06. The van der Waals surface area contributed by atoms with Crippen molar-refractivity contribution in [2.75, 3.05) is 20.3 Å². The largest absolute Gasteiger partial charge is 0.467 e. The van der Waals surface area contributed by atoms with Crippen LogP contribution in [-0.4, -0.2) is 42.8 Å². The first-order valence-corrected chi connectivity index (χ1v) is 5.74. The third-order valence-electron chi connectivity index (χ3n) is 2.29. The number of methoxy groups -OCH3 is 1. The van der Waals surface area contributed by atoms with Crippen LogP contribution < -0.4 is 10.6 Å². The van der Waals surface area contributed by atoms with Gasteiger partial charge in [0.2, 0.25) is 0 Å². The van der Waals surface area contributed by atoms with Crippen LogP contribution in [0.4, 0.5) is 0 Å². The summed E-state index contributed by atoms with van der Waals surface area (Å²) in [5.41, 5.74) is -1.22. The first-order valence-electron chi connectivity index (χ1n) is 5.74. The monoisotopic (exact) mass is 270 g/mol. The standard InChI is InChI=1S/C12H18N2O5/c1-12(17,8-18-2)7-14-11(16)10(15)13-6-9-4-3-5-19-9/h3-5,17H,6-8H2,1-2H3,(H,13,15)(H,14,16). The number of rotatable bonds is 6. The highest BCUT2D eigenvalue weighted by Gasteiger charge is 2.23. The number of carbonyl (C=O) groups is 2. The van der Waals surface area contributed by atoms with E-state index < -0.39 is 17.4 Å². The fourth-order valence-corrected chi connectivity index (χ4v) is 1.37. The number of nitrogens with one attached hydrogen (secondary N) is 2. The maximum absolute atomic E-state index is 11.4. The predicted octanol–water partition coefficient (Wildman–Crippen LogP) is -0.591. The molecular weight excluding hydrogens is 252 g/mol. The molecule has 1 rings (SSSR count). The van der Waals surface area contributed by atoms with Gasteiger partial charge in [0, 0.05) is 13.7 Å². The molecule has 3 N–H and O–H groups in total. The summed E-state index contributed by atoms with van der Waals surface area (Å²) >= 11 is 0. The lowest BCUT2D eigenvalue weighted by molar-refractivity contribution is -0.140. The van der Waals surface area contributed by atoms with Crippen LogP contribution >= 0.6 is 0 Å². The highest BCUT2D eigenvalue weighted by molar-refractivity contribution is 6.35. The molecule has 1 aromatic heterocycles. The van der Waals surface area contributed by atoms with Gasteiger partial charge in [-0.2, -0.15) is 0 Å². The van der Waals surface area contributed by atoms with Gasteiger partial charge in [-0.3, -0.25) is 9.59 Å². The van der Waals surface area contributed by atoms with E-state index in [9.17, 15) is 14.7 Å². The molecule has 0 aliphatic heterocycles. The van der Waals surface area contributed by atoms with Gasteiger partial charge in [0.05, 0.1) is 19.4 Å². The molecule has 1 unspecified atom stereocenters. The SMILES string of the molecule is COCC(C)(O)CNC(=O)C(=O)NCc1ccco1. The first-order chi connectivity index (χ1) is 8.94. The van der Waals surface area contributed by atoms with Crippen LogP contribution in [0.2, 0.25) is 0 Å². The average molecular weight is 270 g/mol. The summed E-state index contributed by atoms with van der Waals surface area (Å²) in [7, 11) is 1.44. The van der Waals surface area contributed by atoms with Crippen LogP contribution in [0.15, 0.2) is 22.8 Å². The van der Waals surface area contributed by atoms with Crippen molar-refractivity contribution in [1.82, 2.24) is 10.6 Å². The zero-order valence-electron chi connectivity index (χ0n) is 10.9. The molecule has 0 bridgehead atoms. The van der Waals surface area contributed by atoms with E-state index in [1.165, 1.54) is 20.3 Å². The van der Waals surface area contributed by atoms with Crippen LogP contribution in [0.3, 0.4) is 0 Å². The molecule has 1 atom stereocenters. The second-order valence-electron chi connectivity index (χ2n) is 4.37. The van der Waals surface area contributed by atoms with Crippen molar-refractivity contribution >= 4 is 11.8 Å². The molecule has 0 saturated heterocycles. The molecule has 0 spiro atoms. The molecule has 0 radical (unpaired) electrons. The molecule has 7 heteroatoms. The zero-order valence-corrected chi connectivity index (χ0v) is 10.9. The summed E-state index contributed by atoms with van der Waals surface area (Å²) in [6.07, 6.45) is 1.48. The lowest BCUT2D eigenvalue weighted by Crippen LogP contribution is -2.48. The van der Waals surface area contributed by atoms with Crippen molar-refractivity contribution in [1.29, 1.82) is 0 Å². The van der Waals surface area contributed by atoms with E-state index in [1.807, 2.05) is 0 Å². The molecule has 0 aliphatic carbocycles. The summed E-state index contributed by atoms with van der Waals surface area (Å²) in [6.45, 7) is 1.61. The Morgan fingerprint density at radius 2 is 2.11 bits per heavy atom. The normalized spacial score (nSPS) is 13.6. The number of hydrogen-bond donors (Lipinski definition) is 3. The molecule has 0 aliphatic rings. The van der Waals surface area contributed by atoms with Gasteiger partial charge in [0.1, 0.15) is 11.4 Å². The third kappa shape index (κ3) is 5.54. The van der Waals surface area contributed by atoms with Gasteiger partial charge in [-0.05, 0) is 19.1 Å². The Labute approximate surface area is 110 Å². The smallest absolute Gasteiger partial charge is 0.309 e. The van der Waals surface area contributed by atoms with E-state index in [2.05, 4.69) is 10.6 Å². The summed E-state index contributed by atoms with van der Waals surface area (Å²) in [6, 6.07) is 3.37. The summed E-state index contributed by atoms with van der Waals surface area (Å²) in [5, 5.41) is 14.5. The first kappa shape index (κ1) is 15.2. The molecule has 0 saturated carbocycles. The molecule has 19 heavy (non-hydrogen) atoms. The number of furan rings is 1. The van der Waals surface area contributed by atoms with Crippen LogP contribution in [-0.2, 0) is 20.9 Å². The Balaban J connectivity index is 2.31. The van der Waals surface area contributed by atoms with Crippen LogP contribution in [0.1, 0.15) is 12.7 Å². The van der Waals surface area contributed by atoms with E-state index >= 15 is 0 Å². The number of ether oxygens (including phenoxy) is 1. The Morgan fingerprint density at radius 3 is 2.68 bits per heavy atom. The van der Waals surface area contributed by atoms with E-state index in [0.717, 1.165) is 0 Å². The zero-order chi connectivity index (χ0) is 14.3. The van der Waals surface area contributed by atoms with Gasteiger partial charge in [-0.15, -0.1) is 0 Å². The minimum atomic E-state index is -1.22. The lowest BCUT2D eigenvalue weighted by atomic mass is 10.1. The number of hydrogen-bond acceptors (Lipinski definition) is 5. The van der Waals surface area contributed by atoms with Gasteiger partial charge in [0.15, 0.2) is 0 Å². The molecule has 1 aromatic rings. The third-order valence-corrected chi connectivity index (χ3v) is 2.29. The molecule has 1 heterocycles. The van der Waals surface area contributed by atoms with Crippen molar-refractivity contribution in [3.05, 3.63) is 24.2 Å². The van der Waals surface area contributed by atoms with E-state index in [1.54, 1.807) is 12.1 Å². The minimum absolute atomic E-state index is 0.0568. The summed E-state index contributed by atoms with van der Waals surface area (Å²) < 4.78 is 9.79. The van der Waals surface area contributed by atoms with Crippen molar-refractivity contribution < 1.29 is 23.8 Å². The molecule has 0 aromatic carbocycles. The van der Waals surface area contributed by atoms with Crippen LogP contribution in [0.5, 0.6) is 0 Å². The van der Waals surface area contributed by atoms with Gasteiger partial charge in [-0.25, -0.2) is 0 Å². The highest BCUT2D eigenvalue weighted by Crippen LogP contribution is 2.01. The van der Waals surface area contributed by atoms with E-state index in [-0.39, 0.29) is 19.7 Å². The fourth-order valence-electron chi connectivity index (χ4n) is 1.37. The van der Waals surface area contributed by atoms with Crippen molar-refractivity contribution in [2.45, 2.75) is 19.1 Å². The van der Waals surface area contributed by atoms with Crippen molar-refractivity contribution in [2.24, 2.45) is 0 Å². The Hall–Kier alpha value is -1.86. The maximum Gasteiger partial charge on any atom is 0.309 e. The quantitative estimate of drug-likeness (QED) is 0.600. The second kappa shape index (κ2) is 6.91. The number of carbonyl (C=O) groups excluding carboxylic acids is 2. The lowest BCUT2D eigenvalue weighted by Gasteiger charge is -2.22. The minimum Gasteiger partial charge on any atom is -0.467 e. The molecule has 0 fully saturated rings. The average Bonchev–Trinajstić information content (AvgIpc) is 2.86. The Bertz CT molecular complexity index is 414. The van der Waals surface area contributed by atoms with Crippen molar-refractivity contribution in [3.8, 4) is 0 Å². The molecular formula is C12H18N2O5. The molecule has 106 valence electrons. The number of aliphatic hydroxyl groups is 1. The highest BCUT2D eigenvalue weighted by atomic mass is 16.5. The van der Waals surface area contributed by atoms with Crippen molar-refractivity contribution in [3.63, 3.8) is 0 Å². The van der Waals surface area contributed by atoms with Gasteiger partial charge in [-0.1, -0.05) is 0 Å².